The van der Waals surface area contributed by atoms with Crippen molar-refractivity contribution in [3.63, 3.8) is 0 Å². The molecular formula is C14H16ClFO2. The molecule has 1 aromatic carbocycles. The first-order chi connectivity index (χ1) is 8.59. The lowest BCUT2D eigenvalue weighted by atomic mass is 9.75. The second-order valence-corrected chi connectivity index (χ2v) is 5.73. The largest absolute Gasteiger partial charge is 0.373 e. The smallest absolute Gasteiger partial charge is 0.130 e. The third kappa shape index (κ3) is 1.94. The third-order valence-corrected chi connectivity index (χ3v) is 4.57. The fraction of sp³-hybridized carbons (Fsp3) is 0.571. The van der Waals surface area contributed by atoms with Gasteiger partial charge in [0.25, 0.3) is 0 Å². The third-order valence-electron chi connectivity index (χ3n) is 4.33. The lowest BCUT2D eigenvalue weighted by Gasteiger charge is -2.38. The number of ether oxygens (including phenoxy) is 2. The van der Waals surface area contributed by atoms with E-state index >= 15 is 0 Å². The van der Waals surface area contributed by atoms with E-state index in [0.29, 0.717) is 10.6 Å². The Balaban J connectivity index is 1.91. The van der Waals surface area contributed by atoms with E-state index in [9.17, 15) is 4.39 Å². The highest BCUT2D eigenvalue weighted by atomic mass is 35.5. The van der Waals surface area contributed by atoms with Gasteiger partial charge in [0.1, 0.15) is 5.82 Å². The molecule has 3 rings (SSSR count). The summed E-state index contributed by atoms with van der Waals surface area (Å²) in [6.07, 6.45) is 3.45. The number of epoxide rings is 1. The Morgan fingerprint density at radius 1 is 1.28 bits per heavy atom. The molecule has 18 heavy (non-hydrogen) atoms. The molecule has 2 aliphatic rings. The summed E-state index contributed by atoms with van der Waals surface area (Å²) in [5, 5.41) is 0.417. The molecule has 4 heteroatoms. The number of hydrogen-bond donors (Lipinski definition) is 0. The monoisotopic (exact) mass is 270 g/mol. The van der Waals surface area contributed by atoms with Crippen molar-refractivity contribution < 1.29 is 13.9 Å². The molecule has 1 aliphatic heterocycles. The highest BCUT2D eigenvalue weighted by Crippen LogP contribution is 2.50. The van der Waals surface area contributed by atoms with E-state index in [2.05, 4.69) is 0 Å². The Morgan fingerprint density at radius 3 is 2.44 bits per heavy atom. The van der Waals surface area contributed by atoms with Crippen molar-refractivity contribution >= 4 is 11.6 Å². The lowest BCUT2D eigenvalue weighted by Crippen LogP contribution is -2.37. The maximum Gasteiger partial charge on any atom is 0.130 e. The van der Waals surface area contributed by atoms with Crippen LogP contribution in [0.5, 0.6) is 0 Å². The first kappa shape index (κ1) is 12.4. The summed E-state index contributed by atoms with van der Waals surface area (Å²) in [6, 6.07) is 4.82. The number of rotatable bonds is 2. The minimum Gasteiger partial charge on any atom is -0.373 e. The molecule has 2 fully saturated rings. The van der Waals surface area contributed by atoms with Gasteiger partial charge in [0.15, 0.2) is 0 Å². The molecule has 1 heterocycles. The van der Waals surface area contributed by atoms with Gasteiger partial charge in [-0.25, -0.2) is 4.39 Å². The molecule has 98 valence electrons. The van der Waals surface area contributed by atoms with Crippen LogP contribution in [0.2, 0.25) is 5.02 Å². The molecule has 2 nitrogen and oxygen atoms in total. The molecule has 0 radical (unpaired) electrons. The SMILES string of the molecule is CO[C@]1(c2ccc(Cl)cc2F)CC[C@@]2(CC1)CO2. The van der Waals surface area contributed by atoms with Crippen molar-refractivity contribution in [2.45, 2.75) is 36.9 Å². The first-order valence-corrected chi connectivity index (χ1v) is 6.62. The summed E-state index contributed by atoms with van der Waals surface area (Å²) < 4.78 is 25.2. The van der Waals surface area contributed by atoms with Crippen molar-refractivity contribution in [3.8, 4) is 0 Å². The van der Waals surface area contributed by atoms with Crippen LogP contribution in [0.1, 0.15) is 31.2 Å². The van der Waals surface area contributed by atoms with Crippen molar-refractivity contribution in [1.29, 1.82) is 0 Å². The highest BCUT2D eigenvalue weighted by Gasteiger charge is 2.52. The first-order valence-electron chi connectivity index (χ1n) is 6.24. The van der Waals surface area contributed by atoms with Crippen LogP contribution in [0.3, 0.4) is 0 Å². The van der Waals surface area contributed by atoms with Crippen LogP contribution >= 0.6 is 11.6 Å². The fourth-order valence-electron chi connectivity index (χ4n) is 2.94. The van der Waals surface area contributed by atoms with E-state index in [4.69, 9.17) is 21.1 Å². The summed E-state index contributed by atoms with van der Waals surface area (Å²) in [6.45, 7) is 0.843. The molecule has 0 N–H and O–H groups in total. The Bertz CT molecular complexity index is 461. The summed E-state index contributed by atoms with van der Waals surface area (Å²) in [5.41, 5.74) is 0.168. The number of halogens is 2. The van der Waals surface area contributed by atoms with Gasteiger partial charge in [0, 0.05) is 17.7 Å². The predicted octanol–water partition coefficient (Wildman–Crippen LogP) is 3.66. The minimum atomic E-state index is -0.522. The summed E-state index contributed by atoms with van der Waals surface area (Å²) >= 11 is 5.80. The molecule has 0 aromatic heterocycles. The normalized spacial score (nSPS) is 34.8. The fourth-order valence-corrected chi connectivity index (χ4v) is 3.10. The second-order valence-electron chi connectivity index (χ2n) is 5.29. The van der Waals surface area contributed by atoms with Crippen LogP contribution in [0.15, 0.2) is 18.2 Å². The van der Waals surface area contributed by atoms with Gasteiger partial charge in [-0.05, 0) is 37.8 Å². The molecule has 0 bridgehead atoms. The molecule has 0 atom stereocenters. The van der Waals surface area contributed by atoms with Crippen LogP contribution in [-0.4, -0.2) is 19.3 Å². The van der Waals surface area contributed by atoms with Gasteiger partial charge in [-0.3, -0.25) is 0 Å². The van der Waals surface area contributed by atoms with Crippen molar-refractivity contribution in [2.24, 2.45) is 0 Å². The van der Waals surface area contributed by atoms with Gasteiger partial charge in [-0.15, -0.1) is 0 Å². The van der Waals surface area contributed by atoms with Gasteiger partial charge in [-0.2, -0.15) is 0 Å². The minimum absolute atomic E-state index is 0.0743. The maximum absolute atomic E-state index is 14.1. The van der Waals surface area contributed by atoms with E-state index in [-0.39, 0.29) is 11.4 Å². The quantitative estimate of drug-likeness (QED) is 0.765. The van der Waals surface area contributed by atoms with Crippen molar-refractivity contribution in [1.82, 2.24) is 0 Å². The maximum atomic E-state index is 14.1. The van der Waals surface area contributed by atoms with Crippen LogP contribution in [-0.2, 0) is 15.1 Å². The van der Waals surface area contributed by atoms with E-state index in [0.717, 1.165) is 32.3 Å². The zero-order valence-corrected chi connectivity index (χ0v) is 11.1. The van der Waals surface area contributed by atoms with E-state index in [1.165, 1.54) is 6.07 Å². The molecule has 1 saturated heterocycles. The Morgan fingerprint density at radius 2 is 1.94 bits per heavy atom. The Hall–Kier alpha value is -0.640. The summed E-state index contributed by atoms with van der Waals surface area (Å²) in [4.78, 5) is 0. The van der Waals surface area contributed by atoms with Crippen molar-refractivity contribution in [3.05, 3.63) is 34.6 Å². The zero-order chi connectivity index (χ0) is 12.8. The highest BCUT2D eigenvalue weighted by molar-refractivity contribution is 6.30. The average Bonchev–Trinajstić information content (AvgIpc) is 3.12. The molecule has 1 spiro atoms. The Kier molecular flexibility index (Phi) is 2.88. The lowest BCUT2D eigenvalue weighted by molar-refractivity contribution is -0.0609. The van der Waals surface area contributed by atoms with Crippen molar-refractivity contribution in [2.75, 3.05) is 13.7 Å². The summed E-state index contributed by atoms with van der Waals surface area (Å²) in [7, 11) is 1.65. The van der Waals surface area contributed by atoms with Crippen LogP contribution in [0.4, 0.5) is 4.39 Å². The Labute approximate surface area is 111 Å². The molecular weight excluding hydrogens is 255 g/mol. The van der Waals surface area contributed by atoms with E-state index < -0.39 is 5.60 Å². The molecule has 0 amide bonds. The number of benzene rings is 1. The van der Waals surface area contributed by atoms with Gasteiger partial charge in [0.2, 0.25) is 0 Å². The van der Waals surface area contributed by atoms with Crippen LogP contribution < -0.4 is 0 Å². The van der Waals surface area contributed by atoms with Crippen LogP contribution in [0, 0.1) is 5.82 Å². The van der Waals surface area contributed by atoms with Gasteiger partial charge >= 0.3 is 0 Å². The number of methoxy groups -OCH3 is 1. The van der Waals surface area contributed by atoms with E-state index in [1.807, 2.05) is 0 Å². The average molecular weight is 271 g/mol. The molecule has 1 saturated carbocycles. The van der Waals surface area contributed by atoms with Crippen LogP contribution in [0.25, 0.3) is 0 Å². The standard InChI is InChI=1S/C14H16ClFO2/c1-17-14(6-4-13(5-7-14)9-18-13)11-3-2-10(15)8-12(11)16/h2-3,8H,4-7,9H2,1H3/t13-,14-. The zero-order valence-electron chi connectivity index (χ0n) is 10.3. The topological polar surface area (TPSA) is 21.8 Å². The van der Waals surface area contributed by atoms with Gasteiger partial charge < -0.3 is 9.47 Å². The summed E-state index contributed by atoms with van der Waals surface area (Å²) in [5.74, 6) is -0.281. The molecule has 1 aliphatic carbocycles. The second kappa shape index (κ2) is 4.19. The molecule has 0 unspecified atom stereocenters. The number of hydrogen-bond acceptors (Lipinski definition) is 2. The molecule has 1 aromatic rings. The van der Waals surface area contributed by atoms with Gasteiger partial charge in [0.05, 0.1) is 17.8 Å². The van der Waals surface area contributed by atoms with Gasteiger partial charge in [-0.1, -0.05) is 17.7 Å². The van der Waals surface area contributed by atoms with E-state index in [1.54, 1.807) is 19.2 Å². The predicted molar refractivity (Wildman–Crippen MR) is 67.2 cm³/mol.